The molecule has 1 N–H and O–H groups in total. The van der Waals surface area contributed by atoms with Crippen LogP contribution >= 0.6 is 11.6 Å². The number of hydrazone groups is 1. The molecule has 0 saturated carbocycles. The number of benzene rings is 2. The molecule has 0 aliphatic carbocycles. The minimum absolute atomic E-state index is 0.374. The smallest absolute Gasteiger partial charge is 0.260 e. The van der Waals surface area contributed by atoms with Crippen LogP contribution in [0.5, 0.6) is 0 Å². The number of hydrogen-bond donors (Lipinski definition) is 1. The highest BCUT2D eigenvalue weighted by Gasteiger charge is 2.20. The minimum atomic E-state index is -3.64. The topological polar surface area (TPSA) is 83.8 Å². The molecular formula is C23H25ClN4O3S. The van der Waals surface area contributed by atoms with Gasteiger partial charge in [0.05, 0.1) is 18.2 Å². The first-order valence-corrected chi connectivity index (χ1v) is 12.1. The van der Waals surface area contributed by atoms with Crippen LogP contribution < -0.4 is 9.73 Å². The number of rotatable bonds is 7. The second-order valence-corrected chi connectivity index (χ2v) is 9.89. The van der Waals surface area contributed by atoms with Crippen LogP contribution in [0.2, 0.25) is 5.02 Å². The number of aromatic nitrogens is 1. The Bertz CT molecular complexity index is 1280. The van der Waals surface area contributed by atoms with Crippen molar-refractivity contribution in [2.45, 2.75) is 20.8 Å². The molecule has 0 saturated heterocycles. The van der Waals surface area contributed by atoms with Gasteiger partial charge in [-0.05, 0) is 62.7 Å². The summed E-state index contributed by atoms with van der Waals surface area (Å²) >= 11 is 6.12. The molecule has 1 amide bonds. The molecule has 0 spiro atoms. The summed E-state index contributed by atoms with van der Waals surface area (Å²) in [7, 11) is -3.64. The lowest BCUT2D eigenvalue weighted by atomic mass is 10.2. The first-order chi connectivity index (χ1) is 15.1. The van der Waals surface area contributed by atoms with Crippen molar-refractivity contribution in [3.8, 4) is 5.69 Å². The summed E-state index contributed by atoms with van der Waals surface area (Å²) in [5, 5.41) is 4.67. The zero-order chi connectivity index (χ0) is 23.5. The molecule has 0 fully saturated rings. The number of hydrogen-bond acceptors (Lipinski definition) is 4. The Kier molecular flexibility index (Phi) is 7.06. The largest absolute Gasteiger partial charge is 0.318 e. The summed E-state index contributed by atoms with van der Waals surface area (Å²) in [5.74, 6) is -0.545. The van der Waals surface area contributed by atoms with Gasteiger partial charge >= 0.3 is 0 Å². The highest BCUT2D eigenvalue weighted by Crippen LogP contribution is 2.22. The summed E-state index contributed by atoms with van der Waals surface area (Å²) < 4.78 is 27.5. The zero-order valence-corrected chi connectivity index (χ0v) is 19.9. The molecule has 2 aromatic carbocycles. The first kappa shape index (κ1) is 23.6. The van der Waals surface area contributed by atoms with Gasteiger partial charge in [0.2, 0.25) is 10.0 Å². The predicted octanol–water partition coefficient (Wildman–Crippen LogP) is 3.97. The average Bonchev–Trinajstić information content (AvgIpc) is 2.98. The first-order valence-electron chi connectivity index (χ1n) is 9.87. The van der Waals surface area contributed by atoms with Gasteiger partial charge in [-0.3, -0.25) is 9.10 Å². The van der Waals surface area contributed by atoms with Crippen LogP contribution in [0, 0.1) is 20.8 Å². The van der Waals surface area contributed by atoms with Crippen LogP contribution in [0.15, 0.2) is 59.7 Å². The number of carbonyl (C=O) groups is 1. The quantitative estimate of drug-likeness (QED) is 0.417. The SMILES string of the molecule is Cc1cccc(N(CC(=O)N/N=C\c2cc(C)n(-c3cccc(Cl)c3)c2C)S(C)(=O)=O)c1. The Balaban J connectivity index is 1.74. The number of nitrogens with zero attached hydrogens (tertiary/aromatic N) is 3. The molecule has 7 nitrogen and oxygen atoms in total. The van der Waals surface area contributed by atoms with E-state index in [0.717, 1.165) is 38.8 Å². The molecule has 0 unspecified atom stereocenters. The van der Waals surface area contributed by atoms with Crippen molar-refractivity contribution in [3.05, 3.63) is 82.1 Å². The van der Waals surface area contributed by atoms with E-state index in [1.54, 1.807) is 24.4 Å². The van der Waals surface area contributed by atoms with E-state index in [1.807, 2.05) is 61.7 Å². The highest BCUT2D eigenvalue weighted by atomic mass is 35.5. The lowest BCUT2D eigenvalue weighted by Gasteiger charge is -2.21. The maximum Gasteiger partial charge on any atom is 0.260 e. The van der Waals surface area contributed by atoms with Crippen molar-refractivity contribution >= 4 is 39.4 Å². The molecule has 0 aliphatic heterocycles. The molecule has 0 aliphatic rings. The zero-order valence-electron chi connectivity index (χ0n) is 18.3. The minimum Gasteiger partial charge on any atom is -0.318 e. The number of aryl methyl sites for hydroxylation is 2. The Morgan fingerprint density at radius 3 is 2.50 bits per heavy atom. The Hall–Kier alpha value is -3.10. The third-order valence-corrected chi connectivity index (χ3v) is 6.28. The van der Waals surface area contributed by atoms with Crippen molar-refractivity contribution in [2.24, 2.45) is 5.10 Å². The molecule has 0 bridgehead atoms. The van der Waals surface area contributed by atoms with E-state index in [1.165, 1.54) is 0 Å². The molecular weight excluding hydrogens is 448 g/mol. The number of nitrogens with one attached hydrogen (secondary N) is 1. The average molecular weight is 473 g/mol. The van der Waals surface area contributed by atoms with E-state index in [-0.39, 0.29) is 6.54 Å². The van der Waals surface area contributed by atoms with E-state index in [9.17, 15) is 13.2 Å². The summed E-state index contributed by atoms with van der Waals surface area (Å²) in [5.41, 5.74) is 7.40. The second-order valence-electron chi connectivity index (χ2n) is 7.54. The van der Waals surface area contributed by atoms with E-state index in [4.69, 9.17) is 11.6 Å². The molecule has 0 atom stereocenters. The van der Waals surface area contributed by atoms with Gasteiger partial charge < -0.3 is 4.57 Å². The number of amides is 1. The van der Waals surface area contributed by atoms with Crippen molar-refractivity contribution in [1.29, 1.82) is 0 Å². The van der Waals surface area contributed by atoms with Crippen LogP contribution in [-0.4, -0.2) is 37.9 Å². The van der Waals surface area contributed by atoms with Crippen molar-refractivity contribution in [2.75, 3.05) is 17.1 Å². The van der Waals surface area contributed by atoms with E-state index in [2.05, 4.69) is 10.5 Å². The molecule has 1 heterocycles. The van der Waals surface area contributed by atoms with Gasteiger partial charge in [-0.2, -0.15) is 5.10 Å². The number of sulfonamides is 1. The molecule has 3 aromatic rings. The van der Waals surface area contributed by atoms with Gasteiger partial charge in [0.1, 0.15) is 6.54 Å². The fourth-order valence-corrected chi connectivity index (χ4v) is 4.49. The highest BCUT2D eigenvalue weighted by molar-refractivity contribution is 7.92. The van der Waals surface area contributed by atoms with Crippen molar-refractivity contribution in [3.63, 3.8) is 0 Å². The van der Waals surface area contributed by atoms with Gasteiger partial charge in [-0.1, -0.05) is 29.8 Å². The molecule has 0 radical (unpaired) electrons. The van der Waals surface area contributed by atoms with Gasteiger partial charge in [-0.15, -0.1) is 0 Å². The van der Waals surface area contributed by atoms with Crippen molar-refractivity contribution in [1.82, 2.24) is 9.99 Å². The summed E-state index contributed by atoms with van der Waals surface area (Å²) in [6.07, 6.45) is 2.61. The van der Waals surface area contributed by atoms with Gasteiger partial charge in [0.15, 0.2) is 0 Å². The molecule has 1 aromatic heterocycles. The number of halogens is 1. The van der Waals surface area contributed by atoms with Crippen LogP contribution in [0.1, 0.15) is 22.5 Å². The fraction of sp³-hybridized carbons (Fsp3) is 0.217. The molecule has 168 valence electrons. The summed E-state index contributed by atoms with van der Waals surface area (Å²) in [6, 6.07) is 16.4. The third kappa shape index (κ3) is 5.57. The summed E-state index contributed by atoms with van der Waals surface area (Å²) in [4.78, 5) is 12.4. The third-order valence-electron chi connectivity index (χ3n) is 4.91. The predicted molar refractivity (Wildman–Crippen MR) is 129 cm³/mol. The Morgan fingerprint density at radius 1 is 1.12 bits per heavy atom. The van der Waals surface area contributed by atoms with E-state index >= 15 is 0 Å². The number of carbonyl (C=O) groups excluding carboxylic acids is 1. The second kappa shape index (κ2) is 9.58. The molecule has 9 heteroatoms. The number of anilines is 1. The Labute approximate surface area is 193 Å². The normalized spacial score (nSPS) is 11.7. The molecule has 3 rings (SSSR count). The van der Waals surface area contributed by atoms with Crippen molar-refractivity contribution < 1.29 is 13.2 Å². The van der Waals surface area contributed by atoms with Gasteiger partial charge in [0.25, 0.3) is 5.91 Å². The van der Waals surface area contributed by atoms with Crippen LogP contribution in [-0.2, 0) is 14.8 Å². The Morgan fingerprint density at radius 2 is 1.84 bits per heavy atom. The molecule has 32 heavy (non-hydrogen) atoms. The maximum atomic E-state index is 12.4. The maximum absolute atomic E-state index is 12.4. The van der Waals surface area contributed by atoms with Crippen LogP contribution in [0.3, 0.4) is 0 Å². The van der Waals surface area contributed by atoms with Crippen LogP contribution in [0.4, 0.5) is 5.69 Å². The summed E-state index contributed by atoms with van der Waals surface area (Å²) in [6.45, 7) is 5.39. The lowest BCUT2D eigenvalue weighted by Crippen LogP contribution is -2.39. The van der Waals surface area contributed by atoms with Crippen LogP contribution in [0.25, 0.3) is 5.69 Å². The van der Waals surface area contributed by atoms with Gasteiger partial charge in [-0.25, -0.2) is 13.8 Å². The fourth-order valence-electron chi connectivity index (χ4n) is 3.45. The van der Waals surface area contributed by atoms with E-state index < -0.39 is 15.9 Å². The lowest BCUT2D eigenvalue weighted by molar-refractivity contribution is -0.119. The standard InChI is InChI=1S/C23H25ClN4O3S/c1-16-7-5-9-21(11-16)27(32(4,30)31)15-23(29)26-25-14-19-12-17(2)28(18(19)3)22-10-6-8-20(24)13-22/h5-14H,15H2,1-4H3,(H,26,29)/b25-14-. The van der Waals surface area contributed by atoms with Gasteiger partial charge in [0, 0.05) is 27.7 Å². The van der Waals surface area contributed by atoms with E-state index in [0.29, 0.717) is 10.7 Å². The monoisotopic (exact) mass is 472 g/mol.